The minimum absolute atomic E-state index is 0. The maximum absolute atomic E-state index is 14.0. The van der Waals surface area contributed by atoms with Gasteiger partial charge >= 0.3 is 11.9 Å². The summed E-state index contributed by atoms with van der Waals surface area (Å²) in [6, 6.07) is 7.23. The van der Waals surface area contributed by atoms with Gasteiger partial charge in [-0.05, 0) is 12.8 Å². The molecule has 2 amide bonds. The zero-order valence-electron chi connectivity index (χ0n) is 19.4. The average molecular weight is 493 g/mol. The smallest absolute Gasteiger partial charge is 0.328 e. The zero-order valence-corrected chi connectivity index (χ0v) is 20.2. The van der Waals surface area contributed by atoms with Crippen LogP contribution in [0.2, 0.25) is 0 Å². The fraction of sp³-hybridized carbons (Fsp3) is 0.583. The van der Waals surface area contributed by atoms with Crippen LogP contribution in [0.3, 0.4) is 0 Å². The van der Waals surface area contributed by atoms with Gasteiger partial charge in [0.25, 0.3) is 5.91 Å². The molecule has 1 saturated heterocycles. The molecule has 6 N–H and O–H groups in total. The number of benzene rings is 1. The SMILES string of the molecule is Cl.N=C(N)c1ccc(C[N+]2(C(=O)CN(CC(=O)O)C3CCCCC3)CC[C@@H]3C[C@@]32C(N)=O)cc1. The van der Waals surface area contributed by atoms with Crippen molar-refractivity contribution in [1.82, 2.24) is 4.90 Å². The molecule has 1 aromatic rings. The largest absolute Gasteiger partial charge is 0.480 e. The highest BCUT2D eigenvalue weighted by molar-refractivity contribution is 5.95. The Hall–Kier alpha value is -2.49. The first-order valence-electron chi connectivity index (χ1n) is 11.8. The Balaban J connectivity index is 0.00000324. The van der Waals surface area contributed by atoms with E-state index in [1.54, 1.807) is 17.0 Å². The first kappa shape index (κ1) is 26.1. The molecule has 1 aromatic carbocycles. The number of hydrogen-bond acceptors (Lipinski definition) is 5. The van der Waals surface area contributed by atoms with Crippen LogP contribution in [0.4, 0.5) is 0 Å². The number of piperidine rings is 1. The van der Waals surface area contributed by atoms with E-state index >= 15 is 0 Å². The Morgan fingerprint density at radius 3 is 2.24 bits per heavy atom. The van der Waals surface area contributed by atoms with Gasteiger partial charge in [0.2, 0.25) is 0 Å². The minimum atomic E-state index is -0.949. The molecule has 3 aliphatic rings. The van der Waals surface area contributed by atoms with E-state index in [9.17, 15) is 19.5 Å². The molecule has 1 unspecified atom stereocenters. The van der Waals surface area contributed by atoms with Crippen LogP contribution in [-0.2, 0) is 20.9 Å². The summed E-state index contributed by atoms with van der Waals surface area (Å²) in [5.74, 6) is -1.46. The van der Waals surface area contributed by atoms with E-state index in [1.807, 2.05) is 12.1 Å². The van der Waals surface area contributed by atoms with Gasteiger partial charge in [-0.1, -0.05) is 43.5 Å². The Morgan fingerprint density at radius 2 is 1.71 bits per heavy atom. The van der Waals surface area contributed by atoms with Crippen LogP contribution >= 0.6 is 12.4 Å². The second-order valence-corrected chi connectivity index (χ2v) is 9.92. The third kappa shape index (κ3) is 4.56. The van der Waals surface area contributed by atoms with Gasteiger partial charge in [0.15, 0.2) is 5.54 Å². The van der Waals surface area contributed by atoms with Crippen molar-refractivity contribution < 1.29 is 24.0 Å². The van der Waals surface area contributed by atoms with Crippen LogP contribution in [0.25, 0.3) is 0 Å². The van der Waals surface area contributed by atoms with E-state index in [0.717, 1.165) is 44.1 Å². The van der Waals surface area contributed by atoms with Crippen molar-refractivity contribution in [3.8, 4) is 0 Å². The molecule has 4 rings (SSSR count). The van der Waals surface area contributed by atoms with Crippen molar-refractivity contribution in [3.05, 3.63) is 35.4 Å². The quantitative estimate of drug-likeness (QED) is 0.233. The van der Waals surface area contributed by atoms with Crippen molar-refractivity contribution in [2.75, 3.05) is 19.6 Å². The van der Waals surface area contributed by atoms with Crippen molar-refractivity contribution in [1.29, 1.82) is 5.41 Å². The molecular formula is C24H35ClN5O4+. The molecule has 2 saturated carbocycles. The molecule has 34 heavy (non-hydrogen) atoms. The normalized spacial score (nSPS) is 28.1. The third-order valence-electron chi connectivity index (χ3n) is 8.09. The van der Waals surface area contributed by atoms with E-state index in [0.29, 0.717) is 25.1 Å². The maximum atomic E-state index is 14.0. The molecule has 0 radical (unpaired) electrons. The topological polar surface area (TPSA) is 151 Å². The number of nitrogen functional groups attached to an aromatic ring is 1. The Morgan fingerprint density at radius 1 is 1.06 bits per heavy atom. The third-order valence-corrected chi connectivity index (χ3v) is 8.09. The minimum Gasteiger partial charge on any atom is -0.480 e. The van der Waals surface area contributed by atoms with Crippen molar-refractivity contribution in [2.24, 2.45) is 17.4 Å². The molecule has 3 fully saturated rings. The number of amidine groups is 1. The van der Waals surface area contributed by atoms with Crippen LogP contribution in [0.15, 0.2) is 24.3 Å². The Kier molecular flexibility index (Phi) is 7.69. The number of nitrogens with zero attached hydrogens (tertiary/aromatic N) is 2. The van der Waals surface area contributed by atoms with E-state index in [4.69, 9.17) is 16.9 Å². The molecule has 0 aromatic heterocycles. The van der Waals surface area contributed by atoms with E-state index in [2.05, 4.69) is 0 Å². The summed E-state index contributed by atoms with van der Waals surface area (Å²) in [6.45, 7) is 0.662. The van der Waals surface area contributed by atoms with Crippen LogP contribution in [0.5, 0.6) is 0 Å². The van der Waals surface area contributed by atoms with Crippen LogP contribution in [0, 0.1) is 11.3 Å². The predicted octanol–water partition coefficient (Wildman–Crippen LogP) is 1.60. The highest BCUT2D eigenvalue weighted by Crippen LogP contribution is 2.60. The number of carbonyl (C=O) groups excluding carboxylic acids is 2. The number of likely N-dealkylation sites (tertiary alicyclic amines) is 1. The first-order chi connectivity index (χ1) is 15.7. The number of hydrogen-bond donors (Lipinski definition) is 4. The van der Waals surface area contributed by atoms with Crippen molar-refractivity contribution in [3.63, 3.8) is 0 Å². The summed E-state index contributed by atoms with van der Waals surface area (Å²) in [5.41, 5.74) is 12.0. The lowest BCUT2D eigenvalue weighted by atomic mass is 9.94. The summed E-state index contributed by atoms with van der Waals surface area (Å²) in [4.78, 5) is 40.1. The number of nitrogens with one attached hydrogen (secondary N) is 1. The average Bonchev–Trinajstić information content (AvgIpc) is 3.45. The van der Waals surface area contributed by atoms with Crippen LogP contribution < -0.4 is 11.5 Å². The standard InChI is InChI=1S/C24H33N5O4.ClH/c25-22(26)17-8-6-16(7-9-17)15-29(11-10-18-12-24(18,29)23(27)33)20(30)13-28(14-21(31)32)19-4-2-1-3-5-19;/h6-9,18-19H,1-5,10-15H2,(H5-,25,26,27,31,32,33);1H/p+1/t18-,24+,29?;/m1./s1. The number of quaternary nitrogens is 1. The monoisotopic (exact) mass is 492 g/mol. The molecule has 0 bridgehead atoms. The number of rotatable bonds is 9. The number of carboxylic acids is 1. The summed E-state index contributed by atoms with van der Waals surface area (Å²) in [6.07, 6.45) is 6.32. The maximum Gasteiger partial charge on any atom is 0.328 e. The molecular weight excluding hydrogens is 458 g/mol. The van der Waals surface area contributed by atoms with Crippen molar-refractivity contribution in [2.45, 2.75) is 63.1 Å². The van der Waals surface area contributed by atoms with Gasteiger partial charge in [0.05, 0.1) is 13.1 Å². The highest BCUT2D eigenvalue weighted by Gasteiger charge is 2.78. The zero-order chi connectivity index (χ0) is 23.8. The molecule has 3 atom stereocenters. The van der Waals surface area contributed by atoms with Gasteiger partial charge in [-0.3, -0.25) is 19.9 Å². The van der Waals surface area contributed by atoms with E-state index in [-0.39, 0.29) is 53.7 Å². The molecule has 186 valence electrons. The molecule has 9 nitrogen and oxygen atoms in total. The number of halogens is 1. The van der Waals surface area contributed by atoms with Gasteiger partial charge in [-0.2, -0.15) is 0 Å². The number of fused-ring (bicyclic) bond motifs is 1. The summed E-state index contributed by atoms with van der Waals surface area (Å²) < 4.78 is -0.0464. The molecule has 10 heteroatoms. The summed E-state index contributed by atoms with van der Waals surface area (Å²) in [5, 5.41) is 17.1. The van der Waals surface area contributed by atoms with Gasteiger partial charge < -0.3 is 16.6 Å². The highest BCUT2D eigenvalue weighted by atomic mass is 35.5. The van der Waals surface area contributed by atoms with Gasteiger partial charge in [0, 0.05) is 35.9 Å². The first-order valence-corrected chi connectivity index (χ1v) is 11.8. The van der Waals surface area contributed by atoms with Gasteiger partial charge in [-0.25, -0.2) is 9.28 Å². The number of amides is 2. The lowest BCUT2D eigenvalue weighted by Crippen LogP contribution is -2.65. The fourth-order valence-corrected chi connectivity index (χ4v) is 6.27. The molecule has 1 heterocycles. The fourth-order valence-electron chi connectivity index (χ4n) is 6.27. The lowest BCUT2D eigenvalue weighted by molar-refractivity contribution is -0.885. The molecule has 0 spiro atoms. The predicted molar refractivity (Wildman–Crippen MR) is 129 cm³/mol. The second-order valence-electron chi connectivity index (χ2n) is 9.92. The Labute approximate surface area is 206 Å². The summed E-state index contributed by atoms with van der Waals surface area (Å²) in [7, 11) is 0. The van der Waals surface area contributed by atoms with E-state index in [1.165, 1.54) is 0 Å². The molecule has 2 aliphatic carbocycles. The molecule has 1 aliphatic heterocycles. The van der Waals surface area contributed by atoms with Crippen LogP contribution in [0.1, 0.15) is 56.1 Å². The second kappa shape index (κ2) is 10.0. The summed E-state index contributed by atoms with van der Waals surface area (Å²) >= 11 is 0. The number of primary amides is 1. The van der Waals surface area contributed by atoms with Crippen LogP contribution in [-0.4, -0.2) is 69.3 Å². The lowest BCUT2D eigenvalue weighted by Gasteiger charge is -2.41. The number of aliphatic carboxylic acids is 1. The number of nitrogens with two attached hydrogens (primary N) is 2. The number of carboxylic acid groups (broad SMARTS) is 1. The van der Waals surface area contributed by atoms with Crippen molar-refractivity contribution >= 4 is 36.0 Å². The van der Waals surface area contributed by atoms with Gasteiger partial charge in [0.1, 0.15) is 18.9 Å². The number of carbonyl (C=O) groups is 3. The Bertz CT molecular complexity index is 965. The van der Waals surface area contributed by atoms with E-state index < -0.39 is 17.4 Å². The van der Waals surface area contributed by atoms with Gasteiger partial charge in [-0.15, -0.1) is 12.4 Å².